The van der Waals surface area contributed by atoms with E-state index in [9.17, 15) is 9.59 Å². The van der Waals surface area contributed by atoms with Gasteiger partial charge in [0.25, 0.3) is 5.91 Å². The maximum atomic E-state index is 12.6. The van der Waals surface area contributed by atoms with E-state index in [1.807, 2.05) is 43.1 Å². The molecule has 4 rings (SSSR count). The predicted molar refractivity (Wildman–Crippen MR) is 152 cm³/mol. The molecule has 0 bridgehead atoms. The first-order chi connectivity index (χ1) is 16.7. The van der Waals surface area contributed by atoms with Crippen molar-refractivity contribution in [3.05, 3.63) is 53.3 Å². The van der Waals surface area contributed by atoms with Gasteiger partial charge < -0.3 is 19.5 Å². The van der Waals surface area contributed by atoms with Crippen molar-refractivity contribution in [3.8, 4) is 5.75 Å². The molecule has 1 N–H and O–H groups in total. The zero-order chi connectivity index (χ0) is 25.1. The lowest BCUT2D eigenvalue weighted by atomic mass is 10.0. The van der Waals surface area contributed by atoms with Gasteiger partial charge in [-0.1, -0.05) is 26.0 Å². The zero-order valence-corrected chi connectivity index (χ0v) is 23.7. The molecule has 8 nitrogen and oxygen atoms in total. The van der Waals surface area contributed by atoms with Crippen LogP contribution in [0.25, 0.3) is 11.0 Å². The van der Waals surface area contributed by atoms with Gasteiger partial charge in [0.1, 0.15) is 11.6 Å². The third-order valence-electron chi connectivity index (χ3n) is 6.59. The molecule has 1 aliphatic heterocycles. The molecule has 202 valence electrons. The molecule has 1 aliphatic rings. The van der Waals surface area contributed by atoms with Crippen LogP contribution in [0.4, 0.5) is 5.69 Å². The van der Waals surface area contributed by atoms with Crippen LogP contribution in [-0.4, -0.2) is 64.0 Å². The van der Waals surface area contributed by atoms with Crippen molar-refractivity contribution in [2.24, 2.45) is 7.05 Å². The molecule has 0 radical (unpaired) electrons. The molecule has 10 heteroatoms. The summed E-state index contributed by atoms with van der Waals surface area (Å²) in [6.07, 6.45) is 0. The Kier molecular flexibility index (Phi) is 10.8. The van der Waals surface area contributed by atoms with Crippen LogP contribution in [-0.2, 0) is 23.2 Å². The highest BCUT2D eigenvalue weighted by atomic mass is 35.5. The molecule has 37 heavy (non-hydrogen) atoms. The van der Waals surface area contributed by atoms with E-state index in [2.05, 4.69) is 40.8 Å². The summed E-state index contributed by atoms with van der Waals surface area (Å²) >= 11 is 0. The molecule has 0 unspecified atom stereocenters. The molecule has 3 aromatic rings. The van der Waals surface area contributed by atoms with Crippen LogP contribution in [0.1, 0.15) is 43.6 Å². The number of fused-ring (bicyclic) bond motifs is 1. The van der Waals surface area contributed by atoms with Crippen LogP contribution < -0.4 is 10.1 Å². The lowest BCUT2D eigenvalue weighted by molar-refractivity contribution is -0.130. The third-order valence-corrected chi connectivity index (χ3v) is 6.59. The fourth-order valence-electron chi connectivity index (χ4n) is 4.47. The number of anilines is 1. The highest BCUT2D eigenvalue weighted by molar-refractivity contribution is 5.94. The summed E-state index contributed by atoms with van der Waals surface area (Å²) in [5.41, 5.74) is 4.73. The van der Waals surface area contributed by atoms with Crippen LogP contribution in [0.15, 0.2) is 36.4 Å². The Hall–Kier alpha value is -2.81. The fourth-order valence-corrected chi connectivity index (χ4v) is 4.47. The van der Waals surface area contributed by atoms with Gasteiger partial charge in [0.15, 0.2) is 6.61 Å². The van der Waals surface area contributed by atoms with Crippen molar-refractivity contribution in [2.75, 3.05) is 38.1 Å². The number of hydrogen-bond donors (Lipinski definition) is 1. The summed E-state index contributed by atoms with van der Waals surface area (Å²) in [5, 5.41) is 2.93. The second kappa shape index (κ2) is 13.1. The zero-order valence-electron chi connectivity index (χ0n) is 22.1. The van der Waals surface area contributed by atoms with E-state index in [-0.39, 0.29) is 43.2 Å². The molecule has 1 saturated heterocycles. The quantitative estimate of drug-likeness (QED) is 0.468. The molecular weight excluding hydrogens is 513 g/mol. The third kappa shape index (κ3) is 7.37. The lowest BCUT2D eigenvalue weighted by Gasteiger charge is -2.33. The topological polar surface area (TPSA) is 79.7 Å². The minimum atomic E-state index is -0.208. The van der Waals surface area contributed by atoms with Crippen LogP contribution in [0, 0.1) is 6.92 Å². The van der Waals surface area contributed by atoms with Gasteiger partial charge >= 0.3 is 0 Å². The Balaban J connectivity index is 0.00000241. The van der Waals surface area contributed by atoms with Gasteiger partial charge in [-0.2, -0.15) is 0 Å². The number of amides is 2. The number of ether oxygens (including phenoxy) is 1. The second-order valence-corrected chi connectivity index (χ2v) is 9.61. The fraction of sp³-hybridized carbons (Fsp3) is 0.444. The Morgan fingerprint density at radius 3 is 2.41 bits per heavy atom. The second-order valence-electron chi connectivity index (χ2n) is 9.61. The number of nitrogens with one attached hydrogen (secondary N) is 1. The van der Waals surface area contributed by atoms with E-state index in [4.69, 9.17) is 9.72 Å². The van der Waals surface area contributed by atoms with Crippen LogP contribution in [0.2, 0.25) is 0 Å². The van der Waals surface area contributed by atoms with Gasteiger partial charge in [-0.05, 0) is 48.2 Å². The van der Waals surface area contributed by atoms with Crippen molar-refractivity contribution >= 4 is 53.3 Å². The van der Waals surface area contributed by atoms with E-state index in [1.54, 1.807) is 6.92 Å². The van der Waals surface area contributed by atoms with Crippen LogP contribution in [0.3, 0.4) is 0 Å². The van der Waals surface area contributed by atoms with Crippen molar-refractivity contribution < 1.29 is 14.3 Å². The number of hydrogen-bond acceptors (Lipinski definition) is 5. The van der Waals surface area contributed by atoms with Gasteiger partial charge in [0.2, 0.25) is 5.91 Å². The number of benzene rings is 2. The molecule has 1 aromatic heterocycles. The van der Waals surface area contributed by atoms with E-state index in [0.717, 1.165) is 66.5 Å². The Labute approximate surface area is 231 Å². The minimum absolute atomic E-state index is 0. The molecule has 0 spiro atoms. The largest absolute Gasteiger partial charge is 0.483 e. The van der Waals surface area contributed by atoms with Gasteiger partial charge in [0.05, 0.1) is 17.6 Å². The van der Waals surface area contributed by atoms with Crippen molar-refractivity contribution in [2.45, 2.75) is 40.2 Å². The molecule has 2 heterocycles. The molecule has 2 aromatic carbocycles. The van der Waals surface area contributed by atoms with Crippen LogP contribution >= 0.6 is 24.8 Å². The highest BCUT2D eigenvalue weighted by Crippen LogP contribution is 2.27. The summed E-state index contributed by atoms with van der Waals surface area (Å²) in [7, 11) is 2.01. The average molecular weight is 551 g/mol. The number of aryl methyl sites for hydroxylation is 2. The van der Waals surface area contributed by atoms with Crippen molar-refractivity contribution in [1.82, 2.24) is 19.4 Å². The first-order valence-electron chi connectivity index (χ1n) is 12.2. The molecule has 0 atom stereocenters. The summed E-state index contributed by atoms with van der Waals surface area (Å²) in [4.78, 5) is 33.2. The van der Waals surface area contributed by atoms with E-state index < -0.39 is 0 Å². The summed E-state index contributed by atoms with van der Waals surface area (Å²) in [6.45, 7) is 11.7. The predicted octanol–water partition coefficient (Wildman–Crippen LogP) is 4.53. The van der Waals surface area contributed by atoms with Crippen molar-refractivity contribution in [1.29, 1.82) is 0 Å². The first kappa shape index (κ1) is 30.4. The maximum absolute atomic E-state index is 12.6. The van der Waals surface area contributed by atoms with E-state index in [1.165, 1.54) is 0 Å². The lowest BCUT2D eigenvalue weighted by Crippen LogP contribution is -2.47. The standard InChI is InChI=1S/C27H35N5O3.2ClH/c1-18(2)22-8-6-19(3)14-25(22)35-17-27(34)28-21-7-9-24-23(15-21)29-26(30(24)5)16-31-10-12-32(13-11-31)20(4)33;;/h6-9,14-15,18H,10-13,16-17H2,1-5H3,(H,28,34);2*1H. The monoisotopic (exact) mass is 549 g/mol. The highest BCUT2D eigenvalue weighted by Gasteiger charge is 2.20. The Bertz CT molecular complexity index is 1240. The Morgan fingerprint density at radius 1 is 1.05 bits per heavy atom. The number of imidazole rings is 1. The Morgan fingerprint density at radius 2 is 1.76 bits per heavy atom. The smallest absolute Gasteiger partial charge is 0.262 e. The number of aromatic nitrogens is 2. The molecule has 0 saturated carbocycles. The van der Waals surface area contributed by atoms with Crippen molar-refractivity contribution in [3.63, 3.8) is 0 Å². The summed E-state index contributed by atoms with van der Waals surface area (Å²) in [6, 6.07) is 11.9. The number of carbonyl (C=O) groups is 2. The normalized spacial score (nSPS) is 13.7. The first-order valence-corrected chi connectivity index (χ1v) is 12.2. The SMILES string of the molecule is CC(=O)N1CCN(Cc2nc3cc(NC(=O)COc4cc(C)ccc4C(C)C)ccc3n2C)CC1.Cl.Cl. The average Bonchev–Trinajstić information content (AvgIpc) is 3.12. The van der Waals surface area contributed by atoms with Gasteiger partial charge in [-0.25, -0.2) is 4.98 Å². The summed E-state index contributed by atoms with van der Waals surface area (Å²) in [5.74, 6) is 1.95. The number of nitrogens with zero attached hydrogens (tertiary/aromatic N) is 4. The van der Waals surface area contributed by atoms with Gasteiger partial charge in [0, 0.05) is 45.8 Å². The molecule has 1 fully saturated rings. The number of carbonyl (C=O) groups excluding carboxylic acids is 2. The van der Waals surface area contributed by atoms with Gasteiger partial charge in [-0.3, -0.25) is 14.5 Å². The number of piperazine rings is 1. The maximum Gasteiger partial charge on any atom is 0.262 e. The number of rotatable bonds is 7. The van der Waals surface area contributed by atoms with E-state index in [0.29, 0.717) is 11.6 Å². The molecular formula is C27H37Cl2N5O3. The van der Waals surface area contributed by atoms with Crippen LogP contribution in [0.5, 0.6) is 5.75 Å². The minimum Gasteiger partial charge on any atom is -0.483 e. The summed E-state index contributed by atoms with van der Waals surface area (Å²) < 4.78 is 7.96. The van der Waals surface area contributed by atoms with E-state index >= 15 is 0 Å². The number of halogens is 2. The molecule has 0 aliphatic carbocycles. The van der Waals surface area contributed by atoms with Gasteiger partial charge in [-0.15, -0.1) is 24.8 Å². The molecule has 2 amide bonds.